The van der Waals surface area contributed by atoms with E-state index < -0.39 is 0 Å². The number of hydrogen-bond donors (Lipinski definition) is 1. The molecule has 2 aromatic carbocycles. The van der Waals surface area contributed by atoms with E-state index in [0.717, 1.165) is 12.1 Å². The van der Waals surface area contributed by atoms with Gasteiger partial charge in [-0.1, -0.05) is 48.5 Å². The summed E-state index contributed by atoms with van der Waals surface area (Å²) in [6.45, 7) is 0.900. The van der Waals surface area contributed by atoms with Gasteiger partial charge >= 0.3 is 0 Å². The molecular weight excluding hydrogens is 302 g/mol. The van der Waals surface area contributed by atoms with E-state index in [1.54, 1.807) is 17.0 Å². The van der Waals surface area contributed by atoms with Gasteiger partial charge in [-0.05, 0) is 18.6 Å². The lowest BCUT2D eigenvalue weighted by Crippen LogP contribution is -2.35. The topological polar surface area (TPSA) is 61.8 Å². The van der Waals surface area contributed by atoms with E-state index >= 15 is 0 Å². The van der Waals surface area contributed by atoms with Crippen LogP contribution in [-0.2, 0) is 4.79 Å². The molecule has 0 spiro atoms. The zero-order valence-corrected chi connectivity index (χ0v) is 13.3. The Labute approximate surface area is 141 Å². The van der Waals surface area contributed by atoms with E-state index in [9.17, 15) is 9.59 Å². The first-order chi connectivity index (χ1) is 11.7. The summed E-state index contributed by atoms with van der Waals surface area (Å²) in [5.41, 5.74) is 4.61. The summed E-state index contributed by atoms with van der Waals surface area (Å²) in [6.07, 6.45) is 1.37. The number of hydrazone groups is 1. The Morgan fingerprint density at radius 3 is 2.33 bits per heavy atom. The number of likely N-dealkylation sites (tertiary alicyclic amines) is 1. The fraction of sp³-hybridized carbons (Fsp3) is 0.211. The van der Waals surface area contributed by atoms with Gasteiger partial charge in [0.05, 0.1) is 12.2 Å². The van der Waals surface area contributed by atoms with Crippen LogP contribution in [0.5, 0.6) is 0 Å². The number of Topliss-reactive ketones (excluding diaryl/α,β-unsaturated/α-hetero) is 1. The molecule has 1 heterocycles. The van der Waals surface area contributed by atoms with Crippen LogP contribution in [0.4, 0.5) is 5.69 Å². The highest BCUT2D eigenvalue weighted by molar-refractivity contribution is 6.47. The van der Waals surface area contributed by atoms with Crippen molar-refractivity contribution in [2.24, 2.45) is 5.10 Å². The molecule has 1 N–H and O–H groups in total. The van der Waals surface area contributed by atoms with Crippen molar-refractivity contribution < 1.29 is 9.59 Å². The van der Waals surface area contributed by atoms with Crippen molar-refractivity contribution in [3.8, 4) is 0 Å². The number of amides is 1. The third-order valence-electron chi connectivity index (χ3n) is 3.90. The maximum Gasteiger partial charge on any atom is 0.222 e. The summed E-state index contributed by atoms with van der Waals surface area (Å²) in [6, 6.07) is 18.4. The van der Waals surface area contributed by atoms with Gasteiger partial charge in [0.1, 0.15) is 5.71 Å². The van der Waals surface area contributed by atoms with Crippen LogP contribution in [0.3, 0.4) is 0 Å². The van der Waals surface area contributed by atoms with Crippen LogP contribution in [0.15, 0.2) is 65.8 Å². The van der Waals surface area contributed by atoms with Gasteiger partial charge in [-0.25, -0.2) is 0 Å². The predicted octanol–water partition coefficient (Wildman–Crippen LogP) is 2.96. The van der Waals surface area contributed by atoms with E-state index in [1.807, 2.05) is 48.5 Å². The molecule has 1 aliphatic heterocycles. The van der Waals surface area contributed by atoms with Crippen molar-refractivity contribution in [2.45, 2.75) is 12.8 Å². The zero-order chi connectivity index (χ0) is 16.8. The number of anilines is 1. The summed E-state index contributed by atoms with van der Waals surface area (Å²) in [5, 5.41) is 4.29. The third-order valence-corrected chi connectivity index (χ3v) is 3.90. The molecular formula is C19H19N3O2. The van der Waals surface area contributed by atoms with Crippen LogP contribution >= 0.6 is 0 Å². The number of carbonyl (C=O) groups is 2. The number of hydrogen-bond acceptors (Lipinski definition) is 4. The third kappa shape index (κ3) is 3.87. The highest BCUT2D eigenvalue weighted by Crippen LogP contribution is 2.12. The molecule has 1 saturated heterocycles. The van der Waals surface area contributed by atoms with Gasteiger partial charge in [0.2, 0.25) is 11.7 Å². The summed E-state index contributed by atoms with van der Waals surface area (Å²) in [5.74, 6) is -0.0954. The van der Waals surface area contributed by atoms with E-state index in [4.69, 9.17) is 0 Å². The maximum absolute atomic E-state index is 12.8. The maximum atomic E-state index is 12.8. The molecule has 0 bridgehead atoms. The number of carbonyl (C=O) groups excluding carboxylic acids is 2. The Morgan fingerprint density at radius 1 is 1.04 bits per heavy atom. The zero-order valence-electron chi connectivity index (χ0n) is 13.3. The first-order valence-electron chi connectivity index (χ1n) is 7.99. The van der Waals surface area contributed by atoms with Crippen molar-refractivity contribution in [3.63, 3.8) is 0 Å². The molecule has 1 aliphatic rings. The molecule has 122 valence electrons. The van der Waals surface area contributed by atoms with Gasteiger partial charge in [0.15, 0.2) is 0 Å². The largest absolute Gasteiger partial charge is 0.337 e. The number of para-hydroxylation sites is 1. The van der Waals surface area contributed by atoms with Gasteiger partial charge in [-0.15, -0.1) is 0 Å². The highest BCUT2D eigenvalue weighted by atomic mass is 16.2. The Morgan fingerprint density at radius 2 is 1.71 bits per heavy atom. The average Bonchev–Trinajstić information content (AvgIpc) is 3.04. The van der Waals surface area contributed by atoms with Crippen molar-refractivity contribution in [2.75, 3.05) is 18.5 Å². The molecule has 5 heteroatoms. The van der Waals surface area contributed by atoms with E-state index in [0.29, 0.717) is 24.2 Å². The van der Waals surface area contributed by atoms with Gasteiger partial charge < -0.3 is 4.90 Å². The normalized spacial score (nSPS) is 14.8. The SMILES string of the molecule is O=C(/C(CN1CCCC1=O)=N/Nc1ccccc1)c1ccccc1. The molecule has 5 nitrogen and oxygen atoms in total. The average molecular weight is 321 g/mol. The number of rotatable bonds is 6. The molecule has 24 heavy (non-hydrogen) atoms. The summed E-state index contributed by atoms with van der Waals surface area (Å²) >= 11 is 0. The predicted molar refractivity (Wildman–Crippen MR) is 94.1 cm³/mol. The molecule has 0 aromatic heterocycles. The molecule has 1 fully saturated rings. The molecule has 1 amide bonds. The van der Waals surface area contributed by atoms with Crippen LogP contribution in [0, 0.1) is 0 Å². The van der Waals surface area contributed by atoms with Crippen LogP contribution < -0.4 is 5.43 Å². The van der Waals surface area contributed by atoms with Crippen molar-refractivity contribution in [1.82, 2.24) is 4.90 Å². The summed E-state index contributed by atoms with van der Waals surface area (Å²) < 4.78 is 0. The fourth-order valence-corrected chi connectivity index (χ4v) is 2.61. The van der Waals surface area contributed by atoms with Gasteiger partial charge in [-0.3, -0.25) is 15.0 Å². The minimum Gasteiger partial charge on any atom is -0.337 e. The second-order valence-corrected chi connectivity index (χ2v) is 5.65. The van der Waals surface area contributed by atoms with Gasteiger partial charge in [-0.2, -0.15) is 5.10 Å². The monoisotopic (exact) mass is 321 g/mol. The van der Waals surface area contributed by atoms with E-state index in [-0.39, 0.29) is 18.2 Å². The van der Waals surface area contributed by atoms with E-state index in [1.165, 1.54) is 0 Å². The molecule has 0 saturated carbocycles. The second-order valence-electron chi connectivity index (χ2n) is 5.65. The van der Waals surface area contributed by atoms with Crippen molar-refractivity contribution in [3.05, 3.63) is 66.2 Å². The number of nitrogens with zero attached hydrogens (tertiary/aromatic N) is 2. The van der Waals surface area contributed by atoms with Crippen LogP contribution in [0.25, 0.3) is 0 Å². The lowest BCUT2D eigenvalue weighted by Gasteiger charge is -2.16. The Balaban J connectivity index is 1.82. The van der Waals surface area contributed by atoms with E-state index in [2.05, 4.69) is 10.5 Å². The summed E-state index contributed by atoms with van der Waals surface area (Å²) in [7, 11) is 0. The minimum absolute atomic E-state index is 0.0725. The van der Waals surface area contributed by atoms with Crippen LogP contribution in [-0.4, -0.2) is 35.4 Å². The number of ketones is 1. The second kappa shape index (κ2) is 7.55. The highest BCUT2D eigenvalue weighted by Gasteiger charge is 2.25. The van der Waals surface area contributed by atoms with Gasteiger partial charge in [0, 0.05) is 18.5 Å². The first-order valence-corrected chi connectivity index (χ1v) is 7.99. The molecule has 0 atom stereocenters. The Hall–Kier alpha value is -2.95. The first kappa shape index (κ1) is 15.9. The van der Waals surface area contributed by atoms with Crippen LogP contribution in [0.2, 0.25) is 0 Å². The van der Waals surface area contributed by atoms with Crippen molar-refractivity contribution in [1.29, 1.82) is 0 Å². The quantitative estimate of drug-likeness (QED) is 0.505. The summed E-state index contributed by atoms with van der Waals surface area (Å²) in [4.78, 5) is 26.3. The smallest absolute Gasteiger partial charge is 0.222 e. The number of benzene rings is 2. The Bertz CT molecular complexity index is 742. The van der Waals surface area contributed by atoms with Crippen LogP contribution in [0.1, 0.15) is 23.2 Å². The lowest BCUT2D eigenvalue weighted by atomic mass is 10.1. The number of nitrogens with one attached hydrogen (secondary N) is 1. The molecule has 0 aliphatic carbocycles. The molecule has 0 unspecified atom stereocenters. The Kier molecular flexibility index (Phi) is 5.01. The fourth-order valence-electron chi connectivity index (χ4n) is 2.61. The van der Waals surface area contributed by atoms with Gasteiger partial charge in [0.25, 0.3) is 0 Å². The standard InChI is InChI=1S/C19H19N3O2/c23-18-12-7-13-22(18)14-17(19(24)15-8-3-1-4-9-15)21-20-16-10-5-2-6-11-16/h1-6,8-11,20H,7,12-14H2/b21-17+. The lowest BCUT2D eigenvalue weighted by molar-refractivity contribution is -0.127. The minimum atomic E-state index is -0.168. The van der Waals surface area contributed by atoms with Crippen molar-refractivity contribution >= 4 is 23.1 Å². The molecule has 3 rings (SSSR count). The molecule has 2 aromatic rings. The molecule has 0 radical (unpaired) electrons.